The summed E-state index contributed by atoms with van der Waals surface area (Å²) in [4.78, 5) is 6.93. The Labute approximate surface area is 117 Å². The van der Waals surface area contributed by atoms with Crippen LogP contribution in [-0.4, -0.2) is 37.1 Å². The van der Waals surface area contributed by atoms with Crippen molar-refractivity contribution in [3.05, 3.63) is 29.3 Å². The molecule has 1 aliphatic rings. The number of hydrogen-bond acceptors (Lipinski definition) is 5. The highest BCUT2D eigenvalue weighted by atomic mass is 32.1. The van der Waals surface area contributed by atoms with Crippen LogP contribution in [0.15, 0.2) is 17.8 Å². The molecule has 0 unspecified atom stereocenters. The molecule has 1 saturated heterocycles. The Morgan fingerprint density at radius 1 is 1.47 bits per heavy atom. The van der Waals surface area contributed by atoms with Gasteiger partial charge in [0.25, 0.3) is 0 Å². The molecule has 0 bridgehead atoms. The Morgan fingerprint density at radius 3 is 3.16 bits per heavy atom. The van der Waals surface area contributed by atoms with E-state index in [4.69, 9.17) is 0 Å². The summed E-state index contributed by atoms with van der Waals surface area (Å²) in [6.07, 6.45) is 7.56. The van der Waals surface area contributed by atoms with Gasteiger partial charge in [0.15, 0.2) is 0 Å². The fourth-order valence-corrected chi connectivity index (χ4v) is 3.24. The van der Waals surface area contributed by atoms with Gasteiger partial charge in [0.2, 0.25) is 0 Å². The van der Waals surface area contributed by atoms with Crippen LogP contribution in [-0.2, 0) is 20.0 Å². The van der Waals surface area contributed by atoms with Crippen molar-refractivity contribution < 1.29 is 0 Å². The summed E-state index contributed by atoms with van der Waals surface area (Å²) >= 11 is 1.43. The van der Waals surface area contributed by atoms with E-state index < -0.39 is 0 Å². The highest BCUT2D eigenvalue weighted by Crippen LogP contribution is 2.21. The molecular formula is C13H19N5S. The second-order valence-electron chi connectivity index (χ2n) is 5.30. The summed E-state index contributed by atoms with van der Waals surface area (Å²) in [5, 5.41) is 6.18. The lowest BCUT2D eigenvalue weighted by Crippen LogP contribution is -2.36. The average Bonchev–Trinajstić information content (AvgIpc) is 3.03. The Balaban J connectivity index is 1.57. The van der Waals surface area contributed by atoms with Crippen molar-refractivity contribution in [2.45, 2.75) is 25.8 Å². The molecule has 1 fully saturated rings. The highest BCUT2D eigenvalue weighted by Gasteiger charge is 2.21. The molecule has 1 aliphatic heterocycles. The minimum atomic E-state index is 0.710. The number of aromatic nitrogens is 4. The molecule has 3 rings (SSSR count). The number of piperidine rings is 1. The van der Waals surface area contributed by atoms with Gasteiger partial charge in [-0.05, 0) is 36.8 Å². The predicted octanol–water partition coefficient (Wildman–Crippen LogP) is 1.73. The van der Waals surface area contributed by atoms with Crippen molar-refractivity contribution in [2.24, 2.45) is 13.0 Å². The van der Waals surface area contributed by atoms with Gasteiger partial charge in [-0.1, -0.05) is 4.49 Å². The van der Waals surface area contributed by atoms with E-state index in [9.17, 15) is 0 Å². The average molecular weight is 277 g/mol. The van der Waals surface area contributed by atoms with Crippen molar-refractivity contribution >= 4 is 11.5 Å². The monoisotopic (exact) mass is 277 g/mol. The summed E-state index contributed by atoms with van der Waals surface area (Å²) < 4.78 is 6.06. The number of hydrogen-bond donors (Lipinski definition) is 0. The fourth-order valence-electron chi connectivity index (χ4n) is 2.79. The lowest BCUT2D eigenvalue weighted by molar-refractivity contribution is 0.163. The molecule has 6 heteroatoms. The Hall–Kier alpha value is -1.27. The van der Waals surface area contributed by atoms with E-state index in [1.807, 2.05) is 17.8 Å². The maximum Gasteiger partial charge on any atom is 0.108 e. The van der Waals surface area contributed by atoms with E-state index in [1.165, 1.54) is 36.7 Å². The third kappa shape index (κ3) is 3.19. The van der Waals surface area contributed by atoms with Gasteiger partial charge >= 0.3 is 0 Å². The van der Waals surface area contributed by atoms with Crippen LogP contribution < -0.4 is 0 Å². The first-order valence-electron chi connectivity index (χ1n) is 6.76. The van der Waals surface area contributed by atoms with Crippen molar-refractivity contribution in [1.29, 1.82) is 0 Å². The van der Waals surface area contributed by atoms with Crippen LogP contribution in [0.5, 0.6) is 0 Å². The highest BCUT2D eigenvalue weighted by molar-refractivity contribution is 7.03. The molecule has 5 nitrogen and oxygen atoms in total. The third-order valence-electron chi connectivity index (χ3n) is 3.79. The topological polar surface area (TPSA) is 46.8 Å². The fraction of sp³-hybridized carbons (Fsp3) is 0.615. The molecule has 0 amide bonds. The first-order valence-corrected chi connectivity index (χ1v) is 7.59. The van der Waals surface area contributed by atoms with E-state index in [0.29, 0.717) is 5.92 Å². The van der Waals surface area contributed by atoms with Crippen molar-refractivity contribution in [3.63, 3.8) is 0 Å². The molecule has 3 heterocycles. The van der Waals surface area contributed by atoms with E-state index in [1.54, 1.807) is 0 Å². The molecule has 102 valence electrons. The van der Waals surface area contributed by atoms with Gasteiger partial charge in [0.05, 0.1) is 5.69 Å². The maximum atomic E-state index is 4.43. The summed E-state index contributed by atoms with van der Waals surface area (Å²) in [5.41, 5.74) is 1.10. The van der Waals surface area contributed by atoms with Crippen LogP contribution in [0.25, 0.3) is 0 Å². The summed E-state index contributed by atoms with van der Waals surface area (Å²) in [7, 11) is 2.07. The number of imidazole rings is 1. The minimum Gasteiger partial charge on any atom is -0.338 e. The zero-order valence-corrected chi connectivity index (χ0v) is 12.0. The lowest BCUT2D eigenvalue weighted by Gasteiger charge is -2.32. The number of rotatable bonds is 4. The van der Waals surface area contributed by atoms with Gasteiger partial charge in [-0.25, -0.2) is 4.98 Å². The molecule has 1 atom stereocenters. The van der Waals surface area contributed by atoms with E-state index in [0.717, 1.165) is 25.2 Å². The zero-order chi connectivity index (χ0) is 13.1. The molecule has 0 spiro atoms. The molecule has 2 aromatic heterocycles. The smallest absolute Gasteiger partial charge is 0.108 e. The van der Waals surface area contributed by atoms with Crippen LogP contribution in [0.1, 0.15) is 24.4 Å². The minimum absolute atomic E-state index is 0.710. The lowest BCUT2D eigenvalue weighted by atomic mass is 9.94. The summed E-state index contributed by atoms with van der Waals surface area (Å²) in [6.45, 7) is 3.26. The molecule has 0 aliphatic carbocycles. The van der Waals surface area contributed by atoms with Crippen LogP contribution in [0.2, 0.25) is 0 Å². The van der Waals surface area contributed by atoms with Gasteiger partial charge in [-0.3, -0.25) is 4.90 Å². The number of likely N-dealkylation sites (tertiary alicyclic amines) is 1. The maximum absolute atomic E-state index is 4.43. The Kier molecular flexibility index (Phi) is 3.89. The number of aryl methyl sites for hydroxylation is 1. The van der Waals surface area contributed by atoms with Crippen molar-refractivity contribution in [2.75, 3.05) is 13.1 Å². The predicted molar refractivity (Wildman–Crippen MR) is 74.8 cm³/mol. The Bertz CT molecular complexity index is 507. The second kappa shape index (κ2) is 5.79. The van der Waals surface area contributed by atoms with Crippen molar-refractivity contribution in [3.8, 4) is 0 Å². The summed E-state index contributed by atoms with van der Waals surface area (Å²) in [6, 6.07) is 0. The molecule has 0 saturated carbocycles. The van der Waals surface area contributed by atoms with E-state index >= 15 is 0 Å². The van der Waals surface area contributed by atoms with Gasteiger partial charge < -0.3 is 4.57 Å². The molecule has 0 radical (unpaired) electrons. The van der Waals surface area contributed by atoms with Crippen LogP contribution in [0.4, 0.5) is 0 Å². The van der Waals surface area contributed by atoms with Crippen LogP contribution in [0.3, 0.4) is 0 Å². The molecule has 0 aromatic carbocycles. The second-order valence-corrected chi connectivity index (χ2v) is 5.91. The standard InChI is InChI=1S/C13H19N5S/c1-17-6-4-14-13(17)7-11-3-2-5-18(8-11)9-12-10-19-16-15-12/h4,6,10-11H,2-3,5,7-9H2,1H3/t11-/m0/s1. The normalized spacial score (nSPS) is 20.8. The van der Waals surface area contributed by atoms with Crippen molar-refractivity contribution in [1.82, 2.24) is 24.0 Å². The van der Waals surface area contributed by atoms with Gasteiger partial charge in [-0.2, -0.15) is 0 Å². The summed E-state index contributed by atoms with van der Waals surface area (Å²) in [5.74, 6) is 1.91. The Morgan fingerprint density at radius 2 is 2.42 bits per heavy atom. The van der Waals surface area contributed by atoms with Gasteiger partial charge in [-0.15, -0.1) is 5.10 Å². The van der Waals surface area contributed by atoms with E-state index in [-0.39, 0.29) is 0 Å². The van der Waals surface area contributed by atoms with Crippen LogP contribution in [0, 0.1) is 5.92 Å². The molecular weight excluding hydrogens is 258 g/mol. The van der Waals surface area contributed by atoms with Gasteiger partial charge in [0, 0.05) is 44.3 Å². The first-order chi connectivity index (χ1) is 9.31. The zero-order valence-electron chi connectivity index (χ0n) is 11.2. The molecule has 19 heavy (non-hydrogen) atoms. The third-order valence-corrected chi connectivity index (χ3v) is 4.34. The molecule has 2 aromatic rings. The van der Waals surface area contributed by atoms with Gasteiger partial charge in [0.1, 0.15) is 5.82 Å². The largest absolute Gasteiger partial charge is 0.338 e. The quantitative estimate of drug-likeness (QED) is 0.854. The molecule has 0 N–H and O–H groups in total. The van der Waals surface area contributed by atoms with E-state index in [2.05, 4.69) is 31.1 Å². The SMILES string of the molecule is Cn1ccnc1C[C@@H]1CCCN(Cc2csnn2)C1. The number of nitrogens with zero attached hydrogens (tertiary/aromatic N) is 5. The first kappa shape index (κ1) is 12.7. The van der Waals surface area contributed by atoms with Crippen LogP contribution >= 0.6 is 11.5 Å².